The molecule has 2 atom stereocenters. The van der Waals surface area contributed by atoms with Gasteiger partial charge in [-0.15, -0.1) is 0 Å². The molecule has 0 aromatic heterocycles. The quantitative estimate of drug-likeness (QED) is 0.685. The van der Waals surface area contributed by atoms with E-state index in [0.29, 0.717) is 17.1 Å². The van der Waals surface area contributed by atoms with Gasteiger partial charge in [0.25, 0.3) is 0 Å². The molecule has 0 aliphatic heterocycles. The van der Waals surface area contributed by atoms with Gasteiger partial charge >= 0.3 is 0 Å². The Morgan fingerprint density at radius 1 is 1.19 bits per heavy atom. The Balaban J connectivity index is 2.54. The molecule has 1 N–H and O–H groups in total. The van der Waals surface area contributed by atoms with Gasteiger partial charge in [-0.25, -0.2) is 4.39 Å². The van der Waals surface area contributed by atoms with Crippen LogP contribution in [0.2, 0.25) is 10.0 Å². The lowest BCUT2D eigenvalue weighted by Crippen LogP contribution is -2.40. The number of nitrogens with zero attached hydrogens (tertiary/aromatic N) is 1. The van der Waals surface area contributed by atoms with E-state index in [4.69, 9.17) is 23.2 Å². The summed E-state index contributed by atoms with van der Waals surface area (Å²) in [7, 11) is 3.90. The minimum atomic E-state index is -1.29. The van der Waals surface area contributed by atoms with Crippen LogP contribution < -0.4 is 0 Å². The van der Waals surface area contributed by atoms with Gasteiger partial charge in [-0.1, -0.05) is 54.4 Å². The minimum Gasteiger partial charge on any atom is -0.380 e. The van der Waals surface area contributed by atoms with Crippen LogP contribution in [0.5, 0.6) is 0 Å². The van der Waals surface area contributed by atoms with Crippen molar-refractivity contribution < 1.29 is 9.50 Å². The van der Waals surface area contributed by atoms with Crippen LogP contribution in [-0.2, 0) is 5.60 Å². The molecule has 5 heteroatoms. The Kier molecular flexibility index (Phi) is 6.86. The van der Waals surface area contributed by atoms with Crippen LogP contribution in [0, 0.1) is 11.7 Å². The summed E-state index contributed by atoms with van der Waals surface area (Å²) < 4.78 is 13.6. The van der Waals surface area contributed by atoms with Crippen molar-refractivity contribution in [2.24, 2.45) is 5.92 Å². The summed E-state index contributed by atoms with van der Waals surface area (Å²) in [5.74, 6) is -0.653. The van der Waals surface area contributed by atoms with Crippen LogP contribution in [0.4, 0.5) is 4.39 Å². The van der Waals surface area contributed by atoms with Crippen molar-refractivity contribution >= 4 is 29.3 Å². The summed E-state index contributed by atoms with van der Waals surface area (Å²) in [6.07, 6.45) is 1.92. The molecule has 140 valence electrons. The van der Waals surface area contributed by atoms with Crippen molar-refractivity contribution in [3.05, 3.63) is 75.0 Å². The van der Waals surface area contributed by atoms with E-state index in [9.17, 15) is 9.50 Å². The molecule has 0 aliphatic carbocycles. The van der Waals surface area contributed by atoms with Crippen LogP contribution in [0.3, 0.4) is 0 Å². The van der Waals surface area contributed by atoms with Gasteiger partial charge in [0.1, 0.15) is 11.4 Å². The molecule has 2 nitrogen and oxygen atoms in total. The van der Waals surface area contributed by atoms with Crippen molar-refractivity contribution in [3.8, 4) is 0 Å². The Morgan fingerprint density at radius 2 is 1.81 bits per heavy atom. The molecule has 0 bridgehead atoms. The van der Waals surface area contributed by atoms with Crippen LogP contribution in [0.25, 0.3) is 6.08 Å². The van der Waals surface area contributed by atoms with E-state index in [0.717, 1.165) is 11.1 Å². The smallest absolute Gasteiger partial charge is 0.141 e. The predicted molar refractivity (Wildman–Crippen MR) is 108 cm³/mol. The fourth-order valence-electron chi connectivity index (χ4n) is 3.23. The first-order chi connectivity index (χ1) is 12.1. The molecule has 0 radical (unpaired) electrons. The second-order valence-corrected chi connectivity index (χ2v) is 7.78. The first-order valence-corrected chi connectivity index (χ1v) is 9.17. The second-order valence-electron chi connectivity index (χ2n) is 6.94. The maximum atomic E-state index is 13.6. The molecule has 0 heterocycles. The highest BCUT2D eigenvalue weighted by Crippen LogP contribution is 2.39. The molecule has 0 saturated carbocycles. The summed E-state index contributed by atoms with van der Waals surface area (Å²) in [6, 6.07) is 11.8. The minimum absolute atomic E-state index is 0.00253. The maximum Gasteiger partial charge on any atom is 0.141 e. The van der Waals surface area contributed by atoms with Crippen molar-refractivity contribution in [2.45, 2.75) is 19.4 Å². The molecule has 2 unspecified atom stereocenters. The number of aliphatic hydroxyl groups is 1. The topological polar surface area (TPSA) is 23.5 Å². The average Bonchev–Trinajstić information content (AvgIpc) is 2.57. The number of benzene rings is 2. The molecule has 0 fully saturated rings. The van der Waals surface area contributed by atoms with E-state index in [-0.39, 0.29) is 10.9 Å². The van der Waals surface area contributed by atoms with Gasteiger partial charge in [0.05, 0.1) is 5.02 Å². The summed E-state index contributed by atoms with van der Waals surface area (Å²) in [6.45, 7) is 4.49. The number of rotatable bonds is 6. The Morgan fingerprint density at radius 3 is 2.35 bits per heavy atom. The molecular formula is C21H24Cl2FNO. The number of hydrogen-bond donors (Lipinski definition) is 1. The highest BCUT2D eigenvalue weighted by Gasteiger charge is 2.38. The van der Waals surface area contributed by atoms with Crippen LogP contribution in [0.15, 0.2) is 48.0 Å². The van der Waals surface area contributed by atoms with Crippen molar-refractivity contribution in [3.63, 3.8) is 0 Å². The molecule has 0 saturated heterocycles. The summed E-state index contributed by atoms with van der Waals surface area (Å²) >= 11 is 11.9. The zero-order chi connectivity index (χ0) is 19.5. The molecule has 2 aromatic rings. The first kappa shape index (κ1) is 20.9. The Labute approximate surface area is 164 Å². The average molecular weight is 396 g/mol. The molecule has 2 aromatic carbocycles. The molecular weight excluding hydrogens is 372 g/mol. The van der Waals surface area contributed by atoms with Gasteiger partial charge in [-0.05, 0) is 62.0 Å². The lowest BCUT2D eigenvalue weighted by atomic mass is 9.76. The van der Waals surface area contributed by atoms with Crippen LogP contribution in [0.1, 0.15) is 25.0 Å². The van der Waals surface area contributed by atoms with Gasteiger partial charge < -0.3 is 10.0 Å². The van der Waals surface area contributed by atoms with E-state index >= 15 is 0 Å². The van der Waals surface area contributed by atoms with Gasteiger partial charge in [-0.3, -0.25) is 0 Å². The molecule has 0 spiro atoms. The van der Waals surface area contributed by atoms with Gasteiger partial charge in [-0.2, -0.15) is 0 Å². The normalized spacial score (nSPS) is 15.8. The summed E-state index contributed by atoms with van der Waals surface area (Å²) in [5, 5.41) is 12.3. The van der Waals surface area contributed by atoms with E-state index in [1.807, 2.05) is 51.1 Å². The lowest BCUT2D eigenvalue weighted by molar-refractivity contribution is 0.0105. The monoisotopic (exact) mass is 395 g/mol. The van der Waals surface area contributed by atoms with Gasteiger partial charge in [0.2, 0.25) is 0 Å². The van der Waals surface area contributed by atoms with Crippen molar-refractivity contribution in [1.29, 1.82) is 0 Å². The van der Waals surface area contributed by atoms with Crippen LogP contribution >= 0.6 is 23.2 Å². The molecule has 2 rings (SSSR count). The summed E-state index contributed by atoms with van der Waals surface area (Å²) in [4.78, 5) is 2.01. The summed E-state index contributed by atoms with van der Waals surface area (Å²) in [5.41, 5.74) is 0.953. The largest absolute Gasteiger partial charge is 0.380 e. The highest BCUT2D eigenvalue weighted by atomic mass is 35.5. The fraction of sp³-hybridized carbons (Fsp3) is 0.333. The van der Waals surface area contributed by atoms with Crippen molar-refractivity contribution in [2.75, 3.05) is 20.6 Å². The maximum absolute atomic E-state index is 13.6. The zero-order valence-corrected chi connectivity index (χ0v) is 16.9. The van der Waals surface area contributed by atoms with E-state index < -0.39 is 11.4 Å². The van der Waals surface area contributed by atoms with Crippen LogP contribution in [-0.4, -0.2) is 30.6 Å². The third kappa shape index (κ3) is 4.66. The van der Waals surface area contributed by atoms with E-state index in [2.05, 4.69) is 0 Å². The standard InChI is InChI=1S/C21H24Cl2FNO/c1-14(11-16-5-8-18(22)9-6-16)21(26,15(2)13-25(3)4)17-7-10-20(24)19(23)12-17/h5-12,15,26H,13H2,1-4H3/b14-11-. The third-order valence-corrected chi connectivity index (χ3v) is 5.11. The third-order valence-electron chi connectivity index (χ3n) is 4.57. The number of halogens is 3. The van der Waals surface area contributed by atoms with E-state index in [1.54, 1.807) is 18.2 Å². The number of hydrogen-bond acceptors (Lipinski definition) is 2. The van der Waals surface area contributed by atoms with Crippen molar-refractivity contribution in [1.82, 2.24) is 4.90 Å². The Bertz CT molecular complexity index is 789. The fourth-order valence-corrected chi connectivity index (χ4v) is 3.54. The zero-order valence-electron chi connectivity index (χ0n) is 15.4. The van der Waals surface area contributed by atoms with Gasteiger partial charge in [0, 0.05) is 17.5 Å². The highest BCUT2D eigenvalue weighted by molar-refractivity contribution is 6.31. The molecule has 0 aliphatic rings. The first-order valence-electron chi connectivity index (χ1n) is 8.41. The predicted octanol–water partition coefficient (Wildman–Crippen LogP) is 5.62. The van der Waals surface area contributed by atoms with Gasteiger partial charge in [0.15, 0.2) is 0 Å². The van der Waals surface area contributed by atoms with E-state index in [1.165, 1.54) is 12.1 Å². The Hall–Kier alpha value is -1.39. The molecule has 26 heavy (non-hydrogen) atoms. The second kappa shape index (κ2) is 8.53. The SMILES string of the molecule is C/C(=C/c1ccc(Cl)cc1)C(O)(c1ccc(F)c(Cl)c1)C(C)CN(C)C. The lowest BCUT2D eigenvalue weighted by Gasteiger charge is -2.37. The molecule has 0 amide bonds.